The normalized spacial score (nSPS) is 10.9. The van der Waals surface area contributed by atoms with Crippen molar-refractivity contribution in [3.8, 4) is 17.2 Å². The van der Waals surface area contributed by atoms with E-state index in [0.717, 1.165) is 28.4 Å². The molecular formula is C29H23NO5. The fourth-order valence-corrected chi connectivity index (χ4v) is 3.89. The first kappa shape index (κ1) is 22.2. The molecule has 1 N–H and O–H groups in total. The minimum atomic E-state index is -0.292. The van der Waals surface area contributed by atoms with Crippen molar-refractivity contribution in [2.75, 3.05) is 11.9 Å². The van der Waals surface area contributed by atoms with Crippen LogP contribution >= 0.6 is 0 Å². The zero-order chi connectivity index (χ0) is 24.2. The first-order valence-corrected chi connectivity index (χ1v) is 11.3. The lowest BCUT2D eigenvalue weighted by Gasteiger charge is -2.11. The molecular weight excluding hydrogens is 442 g/mol. The largest absolute Gasteiger partial charge is 0.484 e. The fourth-order valence-electron chi connectivity index (χ4n) is 3.89. The van der Waals surface area contributed by atoms with Crippen molar-refractivity contribution in [2.24, 2.45) is 0 Å². The molecule has 174 valence electrons. The van der Waals surface area contributed by atoms with Gasteiger partial charge in [-0.05, 0) is 53.1 Å². The summed E-state index contributed by atoms with van der Waals surface area (Å²) in [5.41, 5.74) is 1.87. The van der Waals surface area contributed by atoms with Gasteiger partial charge >= 0.3 is 0 Å². The highest BCUT2D eigenvalue weighted by molar-refractivity contribution is 5.92. The molecule has 6 nitrogen and oxygen atoms in total. The van der Waals surface area contributed by atoms with Crippen LogP contribution < -0.4 is 20.2 Å². The standard InChI is InChI=1S/C29H23NO5/c1-2-19-7-5-6-10-25(19)30-28(31)18-33-22-13-14-24-26(16-22)34-17-27(29(24)32)35-23-12-11-20-8-3-4-9-21(20)15-23/h3-17H,2,18H2,1H3,(H,30,31). The van der Waals surface area contributed by atoms with E-state index >= 15 is 0 Å². The summed E-state index contributed by atoms with van der Waals surface area (Å²) in [5.74, 6) is 0.788. The molecule has 0 saturated heterocycles. The molecule has 35 heavy (non-hydrogen) atoms. The van der Waals surface area contributed by atoms with E-state index in [1.807, 2.05) is 73.7 Å². The van der Waals surface area contributed by atoms with Crippen LogP contribution in [0.25, 0.3) is 21.7 Å². The maximum atomic E-state index is 12.9. The smallest absolute Gasteiger partial charge is 0.262 e. The topological polar surface area (TPSA) is 77.8 Å². The molecule has 0 radical (unpaired) electrons. The molecule has 4 aromatic carbocycles. The van der Waals surface area contributed by atoms with Gasteiger partial charge in [0.1, 0.15) is 23.3 Å². The Kier molecular flexibility index (Phi) is 6.18. The average Bonchev–Trinajstić information content (AvgIpc) is 2.89. The lowest BCUT2D eigenvalue weighted by Crippen LogP contribution is -2.20. The molecule has 0 aliphatic heterocycles. The lowest BCUT2D eigenvalue weighted by molar-refractivity contribution is -0.118. The van der Waals surface area contributed by atoms with E-state index in [-0.39, 0.29) is 23.7 Å². The number of hydrogen-bond acceptors (Lipinski definition) is 5. The van der Waals surface area contributed by atoms with Crippen LogP contribution in [0.1, 0.15) is 12.5 Å². The summed E-state index contributed by atoms with van der Waals surface area (Å²) in [5, 5.41) is 5.32. The fraction of sp³-hybridized carbons (Fsp3) is 0.103. The van der Waals surface area contributed by atoms with Crippen molar-refractivity contribution in [3.05, 3.63) is 107 Å². The Balaban J connectivity index is 1.29. The lowest BCUT2D eigenvalue weighted by atomic mass is 10.1. The van der Waals surface area contributed by atoms with E-state index in [0.29, 0.717) is 22.5 Å². The van der Waals surface area contributed by atoms with Gasteiger partial charge in [-0.3, -0.25) is 9.59 Å². The molecule has 0 aliphatic rings. The molecule has 0 unspecified atom stereocenters. The van der Waals surface area contributed by atoms with Crippen LogP contribution in [0.15, 0.2) is 100 Å². The molecule has 0 fully saturated rings. The molecule has 0 aliphatic carbocycles. The number of hydrogen-bond donors (Lipinski definition) is 1. The Morgan fingerprint density at radius 1 is 0.886 bits per heavy atom. The Morgan fingerprint density at radius 2 is 1.66 bits per heavy atom. The number of fused-ring (bicyclic) bond motifs is 2. The zero-order valence-electron chi connectivity index (χ0n) is 19.1. The predicted octanol–water partition coefficient (Wildman–Crippen LogP) is 6.32. The monoisotopic (exact) mass is 465 g/mol. The molecule has 6 heteroatoms. The number of para-hydroxylation sites is 1. The number of amides is 1. The molecule has 0 saturated carbocycles. The van der Waals surface area contributed by atoms with E-state index in [2.05, 4.69) is 5.32 Å². The zero-order valence-corrected chi connectivity index (χ0v) is 19.1. The number of benzene rings is 4. The summed E-state index contributed by atoms with van der Waals surface area (Å²) >= 11 is 0. The minimum absolute atomic E-state index is 0.0930. The van der Waals surface area contributed by atoms with E-state index < -0.39 is 0 Å². The second-order valence-electron chi connectivity index (χ2n) is 8.05. The molecule has 5 rings (SSSR count). The number of carbonyl (C=O) groups is 1. The second-order valence-corrected chi connectivity index (χ2v) is 8.05. The van der Waals surface area contributed by atoms with Gasteiger partial charge in [0.05, 0.1) is 5.39 Å². The minimum Gasteiger partial charge on any atom is -0.484 e. The highest BCUT2D eigenvalue weighted by Crippen LogP contribution is 2.26. The van der Waals surface area contributed by atoms with Crippen LogP contribution in [0.2, 0.25) is 0 Å². The van der Waals surface area contributed by atoms with Crippen LogP contribution in [0.5, 0.6) is 17.2 Å². The van der Waals surface area contributed by atoms with Gasteiger partial charge in [-0.2, -0.15) is 0 Å². The van der Waals surface area contributed by atoms with Crippen molar-refractivity contribution >= 4 is 33.3 Å². The first-order valence-electron chi connectivity index (χ1n) is 11.3. The quantitative estimate of drug-likeness (QED) is 0.304. The van der Waals surface area contributed by atoms with Crippen LogP contribution in [0.3, 0.4) is 0 Å². The van der Waals surface area contributed by atoms with Crippen molar-refractivity contribution in [1.82, 2.24) is 0 Å². The van der Waals surface area contributed by atoms with Crippen molar-refractivity contribution in [3.63, 3.8) is 0 Å². The highest BCUT2D eigenvalue weighted by atomic mass is 16.5. The maximum absolute atomic E-state index is 12.9. The van der Waals surface area contributed by atoms with Crippen LogP contribution in [0.4, 0.5) is 5.69 Å². The molecule has 5 aromatic rings. The number of carbonyl (C=O) groups excluding carboxylic acids is 1. The molecule has 1 heterocycles. The van der Waals surface area contributed by atoms with Crippen LogP contribution in [0, 0.1) is 0 Å². The first-order chi connectivity index (χ1) is 17.1. The summed E-state index contributed by atoms with van der Waals surface area (Å²) in [6.45, 7) is 1.86. The maximum Gasteiger partial charge on any atom is 0.262 e. The third-order valence-corrected chi connectivity index (χ3v) is 5.71. The number of nitrogens with one attached hydrogen (secondary N) is 1. The van der Waals surface area contributed by atoms with Crippen molar-refractivity contribution < 1.29 is 18.7 Å². The van der Waals surface area contributed by atoms with Gasteiger partial charge in [0.25, 0.3) is 5.91 Å². The van der Waals surface area contributed by atoms with Crippen LogP contribution in [-0.4, -0.2) is 12.5 Å². The van der Waals surface area contributed by atoms with Gasteiger partial charge in [-0.1, -0.05) is 55.5 Å². The van der Waals surface area contributed by atoms with Gasteiger partial charge in [-0.25, -0.2) is 0 Å². The molecule has 0 bridgehead atoms. The summed E-state index contributed by atoms with van der Waals surface area (Å²) in [6, 6.07) is 26.0. The van der Waals surface area contributed by atoms with E-state index in [4.69, 9.17) is 13.9 Å². The molecule has 1 aromatic heterocycles. The predicted molar refractivity (Wildman–Crippen MR) is 136 cm³/mol. The van der Waals surface area contributed by atoms with Crippen molar-refractivity contribution in [2.45, 2.75) is 13.3 Å². The van der Waals surface area contributed by atoms with Gasteiger partial charge in [-0.15, -0.1) is 0 Å². The highest BCUT2D eigenvalue weighted by Gasteiger charge is 2.12. The van der Waals surface area contributed by atoms with Crippen LogP contribution in [-0.2, 0) is 11.2 Å². The Hall–Kier alpha value is -4.58. The van der Waals surface area contributed by atoms with E-state index in [9.17, 15) is 9.59 Å². The average molecular weight is 466 g/mol. The third kappa shape index (κ3) is 4.87. The Labute approximate surface area is 201 Å². The van der Waals surface area contributed by atoms with Crippen molar-refractivity contribution in [1.29, 1.82) is 0 Å². The molecule has 0 spiro atoms. The number of anilines is 1. The third-order valence-electron chi connectivity index (χ3n) is 5.71. The summed E-state index contributed by atoms with van der Waals surface area (Å²) in [7, 11) is 0. The summed E-state index contributed by atoms with van der Waals surface area (Å²) in [6.07, 6.45) is 2.10. The SMILES string of the molecule is CCc1ccccc1NC(=O)COc1ccc2c(=O)c(Oc3ccc4ccccc4c3)coc2c1. The molecule has 0 atom stereocenters. The van der Waals surface area contributed by atoms with Gasteiger partial charge in [0, 0.05) is 11.8 Å². The molecule has 1 amide bonds. The van der Waals surface area contributed by atoms with Gasteiger partial charge < -0.3 is 19.2 Å². The number of ether oxygens (including phenoxy) is 2. The van der Waals surface area contributed by atoms with E-state index in [1.165, 1.54) is 6.26 Å². The second kappa shape index (κ2) is 9.73. The van der Waals surface area contributed by atoms with Gasteiger partial charge in [0.2, 0.25) is 11.2 Å². The Morgan fingerprint density at radius 3 is 2.51 bits per heavy atom. The summed E-state index contributed by atoms with van der Waals surface area (Å²) in [4.78, 5) is 25.3. The Bertz CT molecular complexity index is 1590. The number of aryl methyl sites for hydroxylation is 1. The number of rotatable bonds is 7. The summed E-state index contributed by atoms with van der Waals surface area (Å²) < 4.78 is 17.1. The van der Waals surface area contributed by atoms with E-state index in [1.54, 1.807) is 18.2 Å². The van der Waals surface area contributed by atoms with Gasteiger partial charge in [0.15, 0.2) is 6.61 Å².